The van der Waals surface area contributed by atoms with Crippen LogP contribution in [0, 0.1) is 0 Å². The summed E-state index contributed by atoms with van der Waals surface area (Å²) in [6.07, 6.45) is 18.0. The van der Waals surface area contributed by atoms with Crippen LogP contribution in [-0.2, 0) is 17.6 Å². The van der Waals surface area contributed by atoms with Gasteiger partial charge in [0.15, 0.2) is 0 Å². The minimum absolute atomic E-state index is 0.0149. The monoisotopic (exact) mass is 963 g/mol. The number of amides is 5. The van der Waals surface area contributed by atoms with E-state index in [1.54, 1.807) is 48.5 Å². The average molecular weight is 964 g/mol. The molecule has 0 saturated carbocycles. The SMILES string of the molecule is O=C(O)CCc1cc(C(=O)N(CCCCCCCCCCN2C(=O)c3ccccc3C2=O)CCCCCCCCCCN2C(=O)c3ccccc3C2=O)sc1CCC(c1ccccc1)c1ccccc1. The molecule has 1 aromatic heterocycles. The molecule has 4 aromatic carbocycles. The van der Waals surface area contributed by atoms with Crippen molar-refractivity contribution >= 4 is 46.8 Å². The molecule has 0 fully saturated rings. The van der Waals surface area contributed by atoms with Crippen molar-refractivity contribution in [3.8, 4) is 0 Å². The molecule has 2 aliphatic rings. The lowest BCUT2D eigenvalue weighted by Gasteiger charge is -2.22. The van der Waals surface area contributed by atoms with Crippen LogP contribution in [-0.4, -0.2) is 81.5 Å². The van der Waals surface area contributed by atoms with Gasteiger partial charge in [-0.25, -0.2) is 0 Å². The zero-order chi connectivity index (χ0) is 49.1. The number of carboxylic acid groups (broad SMARTS) is 1. The third-order valence-corrected chi connectivity index (χ3v) is 15.2. The van der Waals surface area contributed by atoms with Crippen molar-refractivity contribution in [2.75, 3.05) is 26.2 Å². The lowest BCUT2D eigenvalue weighted by molar-refractivity contribution is -0.136. The smallest absolute Gasteiger partial charge is 0.303 e. The van der Waals surface area contributed by atoms with Gasteiger partial charge in [-0.05, 0) is 92.0 Å². The lowest BCUT2D eigenvalue weighted by atomic mass is 9.87. The fourth-order valence-corrected chi connectivity index (χ4v) is 11.2. The van der Waals surface area contributed by atoms with Crippen LogP contribution in [0.25, 0.3) is 0 Å². The second kappa shape index (κ2) is 26.7. The van der Waals surface area contributed by atoms with Gasteiger partial charge in [0.05, 0.1) is 27.1 Å². The second-order valence-electron chi connectivity index (χ2n) is 18.9. The summed E-state index contributed by atoms with van der Waals surface area (Å²) in [5.41, 5.74) is 5.43. The van der Waals surface area contributed by atoms with Crippen molar-refractivity contribution in [2.24, 2.45) is 0 Å². The molecule has 0 saturated heterocycles. The van der Waals surface area contributed by atoms with E-state index in [1.165, 1.54) is 32.3 Å². The first kappa shape index (κ1) is 51.6. The van der Waals surface area contributed by atoms with Gasteiger partial charge in [0.25, 0.3) is 29.5 Å². The van der Waals surface area contributed by atoms with Gasteiger partial charge in [0.1, 0.15) is 0 Å². The van der Waals surface area contributed by atoms with E-state index in [2.05, 4.69) is 48.5 Å². The van der Waals surface area contributed by atoms with E-state index in [0.717, 1.165) is 126 Å². The first-order chi connectivity index (χ1) is 34.2. The van der Waals surface area contributed by atoms with E-state index < -0.39 is 5.97 Å². The molecule has 0 radical (unpaired) electrons. The second-order valence-corrected chi connectivity index (χ2v) is 20.1. The van der Waals surface area contributed by atoms with Crippen LogP contribution in [0.2, 0.25) is 0 Å². The van der Waals surface area contributed by atoms with Crippen molar-refractivity contribution in [2.45, 2.75) is 134 Å². The highest BCUT2D eigenvalue weighted by Gasteiger charge is 2.35. The van der Waals surface area contributed by atoms with E-state index in [9.17, 15) is 33.9 Å². The lowest BCUT2D eigenvalue weighted by Crippen LogP contribution is -2.32. The van der Waals surface area contributed by atoms with E-state index >= 15 is 0 Å². The molecule has 0 aliphatic carbocycles. The van der Waals surface area contributed by atoms with E-state index in [1.807, 2.05) is 23.1 Å². The highest BCUT2D eigenvalue weighted by atomic mass is 32.1. The van der Waals surface area contributed by atoms with Gasteiger partial charge in [-0.2, -0.15) is 0 Å². The fourth-order valence-electron chi connectivity index (χ4n) is 10.0. The van der Waals surface area contributed by atoms with Crippen LogP contribution in [0.4, 0.5) is 0 Å². The number of hydrogen-bond donors (Lipinski definition) is 1. The number of unbranched alkanes of at least 4 members (excludes halogenated alkanes) is 14. The van der Waals surface area contributed by atoms with Crippen molar-refractivity contribution in [1.29, 1.82) is 0 Å². The molecule has 1 N–H and O–H groups in total. The number of thiophene rings is 1. The quantitative estimate of drug-likeness (QED) is 0.0345. The molecule has 11 heteroatoms. The molecule has 0 atom stereocenters. The highest BCUT2D eigenvalue weighted by molar-refractivity contribution is 7.14. The molecular weight excluding hydrogens is 895 g/mol. The van der Waals surface area contributed by atoms with Crippen LogP contribution in [0.3, 0.4) is 0 Å². The summed E-state index contributed by atoms with van der Waals surface area (Å²) in [6, 6.07) is 37.0. The van der Waals surface area contributed by atoms with Crippen molar-refractivity contribution < 1.29 is 33.9 Å². The maximum atomic E-state index is 14.5. The number of carbonyl (C=O) groups is 6. The number of hydrogen-bond acceptors (Lipinski definition) is 7. The number of carboxylic acids is 1. The van der Waals surface area contributed by atoms with Crippen LogP contribution in [0.1, 0.15) is 194 Å². The van der Waals surface area contributed by atoms with Gasteiger partial charge in [-0.3, -0.25) is 38.6 Å². The first-order valence-corrected chi connectivity index (χ1v) is 26.7. The summed E-state index contributed by atoms with van der Waals surface area (Å²) in [5.74, 6) is -1.40. The molecule has 7 rings (SSSR count). The van der Waals surface area contributed by atoms with Crippen molar-refractivity contribution in [3.05, 3.63) is 164 Å². The summed E-state index contributed by atoms with van der Waals surface area (Å²) < 4.78 is 0. The molecular formula is C59H69N3O7S. The third kappa shape index (κ3) is 14.0. The molecule has 10 nitrogen and oxygen atoms in total. The van der Waals surface area contributed by atoms with Crippen LogP contribution in [0.5, 0.6) is 0 Å². The number of nitrogens with zero attached hydrogens (tertiary/aromatic N) is 3. The maximum Gasteiger partial charge on any atom is 0.303 e. The number of fused-ring (bicyclic) bond motifs is 2. The Morgan fingerprint density at radius 1 is 0.486 bits per heavy atom. The standard InChI is InChI=1S/C59H69N3O7S/c63-54(64)38-35-46-43-53(70-52(46)37-36-47(44-27-15-13-16-28-44)45-29-17-14-18-30-45)59(69)60(39-23-9-5-1-3-7-11-25-41-61-55(65)48-31-19-20-32-49(48)56(61)66)40-24-10-6-2-4-8-12-26-42-62-57(67)50-33-21-22-34-51(50)58(62)68/h13-22,27-34,43,47H,1-12,23-26,35-42H2,(H,63,64). The van der Waals surface area contributed by atoms with Crippen molar-refractivity contribution in [3.63, 3.8) is 0 Å². The van der Waals surface area contributed by atoms with E-state index in [4.69, 9.17) is 0 Å². The van der Waals surface area contributed by atoms with E-state index in [0.29, 0.717) is 59.7 Å². The van der Waals surface area contributed by atoms with Gasteiger partial charge >= 0.3 is 5.97 Å². The zero-order valence-electron chi connectivity index (χ0n) is 40.7. The average Bonchev–Trinajstić information content (AvgIpc) is 3.99. The minimum Gasteiger partial charge on any atom is -0.481 e. The zero-order valence-corrected chi connectivity index (χ0v) is 41.5. The van der Waals surface area contributed by atoms with E-state index in [-0.39, 0.29) is 41.9 Å². The summed E-state index contributed by atoms with van der Waals surface area (Å²) in [4.78, 5) is 83.7. The van der Waals surface area contributed by atoms with Gasteiger partial charge in [-0.1, -0.05) is 162 Å². The number of aliphatic carboxylic acids is 1. The molecule has 70 heavy (non-hydrogen) atoms. The Morgan fingerprint density at radius 3 is 1.26 bits per heavy atom. The molecule has 2 aliphatic heterocycles. The summed E-state index contributed by atoms with van der Waals surface area (Å²) in [7, 11) is 0. The Balaban J connectivity index is 0.883. The summed E-state index contributed by atoms with van der Waals surface area (Å²) in [6.45, 7) is 2.25. The van der Waals surface area contributed by atoms with Crippen molar-refractivity contribution in [1.82, 2.24) is 14.7 Å². The maximum absolute atomic E-state index is 14.5. The number of imide groups is 2. The Labute approximate surface area is 418 Å². The molecule has 0 unspecified atom stereocenters. The van der Waals surface area contributed by atoms with Crippen LogP contribution >= 0.6 is 11.3 Å². The fraction of sp³-hybridized carbons (Fsp3) is 0.424. The molecule has 0 spiro atoms. The normalized spacial score (nSPS) is 13.2. The van der Waals surface area contributed by atoms with Gasteiger partial charge in [0, 0.05) is 43.4 Å². The molecule has 0 bridgehead atoms. The summed E-state index contributed by atoms with van der Waals surface area (Å²) >= 11 is 1.54. The Morgan fingerprint density at radius 2 is 0.857 bits per heavy atom. The molecule has 368 valence electrons. The predicted octanol–water partition coefficient (Wildman–Crippen LogP) is 12.8. The largest absolute Gasteiger partial charge is 0.481 e. The predicted molar refractivity (Wildman–Crippen MR) is 277 cm³/mol. The number of rotatable bonds is 31. The van der Waals surface area contributed by atoms with Gasteiger partial charge in [0.2, 0.25) is 0 Å². The first-order valence-electron chi connectivity index (χ1n) is 25.8. The highest BCUT2D eigenvalue weighted by Crippen LogP contribution is 2.34. The van der Waals surface area contributed by atoms with Crippen LogP contribution in [0.15, 0.2) is 115 Å². The van der Waals surface area contributed by atoms with Crippen LogP contribution < -0.4 is 0 Å². The Hall–Kier alpha value is -6.20. The topological polar surface area (TPSA) is 132 Å². The molecule has 5 aromatic rings. The third-order valence-electron chi connectivity index (χ3n) is 13.9. The van der Waals surface area contributed by atoms with Gasteiger partial charge in [-0.15, -0.1) is 11.3 Å². The van der Waals surface area contributed by atoms with Gasteiger partial charge < -0.3 is 10.0 Å². The Kier molecular flexibility index (Phi) is 19.7. The Bertz CT molecular complexity index is 2330. The number of benzene rings is 4. The number of carbonyl (C=O) groups excluding carboxylic acids is 5. The minimum atomic E-state index is -0.846. The molecule has 5 amide bonds. The molecule has 3 heterocycles. The summed E-state index contributed by atoms with van der Waals surface area (Å²) in [5, 5.41) is 9.66. The number of aryl methyl sites for hydroxylation is 2.